The van der Waals surface area contributed by atoms with Crippen LogP contribution in [0.1, 0.15) is 0 Å². The van der Waals surface area contributed by atoms with Gasteiger partial charge in [0.25, 0.3) is 0 Å². The van der Waals surface area contributed by atoms with Crippen LogP contribution in [-0.4, -0.2) is 13.1 Å². The number of nitrogens with two attached hydrogens (primary N) is 1. The van der Waals surface area contributed by atoms with Gasteiger partial charge in [-0.15, -0.1) is 0 Å². The van der Waals surface area contributed by atoms with Gasteiger partial charge in [0, 0.05) is 16.7 Å². The fourth-order valence-electron chi connectivity index (χ4n) is 1.49. The summed E-state index contributed by atoms with van der Waals surface area (Å²) in [5.41, 5.74) is 7.94. The summed E-state index contributed by atoms with van der Waals surface area (Å²) in [6.45, 7) is 1.95. The van der Waals surface area contributed by atoms with Crippen LogP contribution < -0.4 is 10.6 Å². The van der Waals surface area contributed by atoms with E-state index in [0.717, 1.165) is 24.5 Å². The fourth-order valence-corrected chi connectivity index (χ4v) is 2.00. The molecular weight excluding hydrogens is 275 g/mol. The second-order valence-electron chi connectivity index (χ2n) is 3.08. The Balaban J connectivity index is 2.30. The van der Waals surface area contributed by atoms with Gasteiger partial charge in [-0.05, 0) is 40.8 Å². The van der Waals surface area contributed by atoms with Gasteiger partial charge >= 0.3 is 0 Å². The first-order valence-corrected chi connectivity index (χ1v) is 5.30. The van der Waals surface area contributed by atoms with Crippen LogP contribution >= 0.6 is 22.6 Å². The van der Waals surface area contributed by atoms with E-state index in [-0.39, 0.29) is 0 Å². The Hall–Kier alpha value is -0.710. The Kier molecular flexibility index (Phi) is 2.44. The van der Waals surface area contributed by atoms with E-state index in [0.29, 0.717) is 0 Å². The maximum atomic E-state index is 5.93. The van der Waals surface area contributed by atoms with Crippen molar-refractivity contribution < 1.29 is 0 Å². The topological polar surface area (TPSA) is 29.3 Å². The zero-order chi connectivity index (χ0) is 9.26. The molecule has 0 bridgehead atoms. The molecule has 2 rings (SSSR count). The number of anilines is 2. The highest BCUT2D eigenvalue weighted by atomic mass is 127. The van der Waals surface area contributed by atoms with Gasteiger partial charge in [0.1, 0.15) is 0 Å². The monoisotopic (exact) mass is 286 g/mol. The number of nitrogen functional groups attached to an aromatic ring is 1. The third-order valence-corrected chi connectivity index (χ3v) is 2.82. The van der Waals surface area contributed by atoms with E-state index in [4.69, 9.17) is 5.73 Å². The van der Waals surface area contributed by atoms with Gasteiger partial charge in [-0.2, -0.15) is 0 Å². The predicted octanol–water partition coefficient (Wildman–Crippen LogP) is 2.25. The maximum absolute atomic E-state index is 5.93. The molecule has 0 saturated heterocycles. The number of hydrogen-bond acceptors (Lipinski definition) is 2. The Morgan fingerprint density at radius 1 is 1.23 bits per heavy atom. The Bertz CT molecular complexity index is 339. The van der Waals surface area contributed by atoms with Crippen molar-refractivity contribution in [1.82, 2.24) is 0 Å². The molecule has 1 aliphatic heterocycles. The van der Waals surface area contributed by atoms with E-state index >= 15 is 0 Å². The van der Waals surface area contributed by atoms with E-state index in [9.17, 15) is 0 Å². The summed E-state index contributed by atoms with van der Waals surface area (Å²) in [5.74, 6) is 0. The first-order valence-electron chi connectivity index (χ1n) is 4.22. The summed E-state index contributed by atoms with van der Waals surface area (Å²) in [5, 5.41) is 0. The molecule has 0 amide bonds. The van der Waals surface area contributed by atoms with Gasteiger partial charge in [-0.25, -0.2) is 0 Å². The number of halogens is 1. The van der Waals surface area contributed by atoms with Gasteiger partial charge < -0.3 is 10.6 Å². The summed E-state index contributed by atoms with van der Waals surface area (Å²) in [6.07, 6.45) is 4.33. The zero-order valence-electron chi connectivity index (χ0n) is 7.20. The van der Waals surface area contributed by atoms with E-state index in [2.05, 4.69) is 51.8 Å². The summed E-state index contributed by atoms with van der Waals surface area (Å²) < 4.78 is 1.19. The molecule has 0 atom stereocenters. The molecule has 0 unspecified atom stereocenters. The highest BCUT2D eigenvalue weighted by molar-refractivity contribution is 14.1. The second-order valence-corrected chi connectivity index (χ2v) is 4.33. The molecule has 0 spiro atoms. The number of benzene rings is 1. The van der Waals surface area contributed by atoms with Crippen LogP contribution in [0.3, 0.4) is 0 Å². The highest BCUT2D eigenvalue weighted by Crippen LogP contribution is 2.26. The Morgan fingerprint density at radius 3 is 2.54 bits per heavy atom. The van der Waals surface area contributed by atoms with Crippen LogP contribution in [0.2, 0.25) is 0 Å². The molecule has 0 radical (unpaired) electrons. The standard InChI is InChI=1S/C10H11IN2/c11-8-3-4-10(9(12)7-8)13-5-1-2-6-13/h1-4,7H,5-6,12H2. The van der Waals surface area contributed by atoms with Crippen molar-refractivity contribution in [3.05, 3.63) is 33.9 Å². The molecule has 1 aromatic rings. The minimum Gasteiger partial charge on any atom is -0.397 e. The lowest BCUT2D eigenvalue weighted by Gasteiger charge is -2.19. The van der Waals surface area contributed by atoms with E-state index in [1.54, 1.807) is 0 Å². The molecule has 0 aliphatic carbocycles. The second kappa shape index (κ2) is 3.57. The van der Waals surface area contributed by atoms with Crippen molar-refractivity contribution in [3.8, 4) is 0 Å². The normalized spacial score (nSPS) is 15.3. The lowest BCUT2D eigenvalue weighted by molar-refractivity contribution is 1.01. The van der Waals surface area contributed by atoms with Crippen molar-refractivity contribution in [2.24, 2.45) is 0 Å². The quantitative estimate of drug-likeness (QED) is 0.487. The smallest absolute Gasteiger partial charge is 0.0606 e. The van der Waals surface area contributed by atoms with Crippen molar-refractivity contribution >= 4 is 34.0 Å². The van der Waals surface area contributed by atoms with Crippen LogP contribution in [0.15, 0.2) is 30.4 Å². The van der Waals surface area contributed by atoms with Gasteiger partial charge in [0.2, 0.25) is 0 Å². The molecule has 0 aromatic heterocycles. The summed E-state index contributed by atoms with van der Waals surface area (Å²) in [6, 6.07) is 6.18. The Labute approximate surface area is 91.6 Å². The molecular formula is C10H11IN2. The number of nitrogens with zero attached hydrogens (tertiary/aromatic N) is 1. The van der Waals surface area contributed by atoms with E-state index in [1.165, 1.54) is 3.57 Å². The highest BCUT2D eigenvalue weighted by Gasteiger charge is 2.10. The van der Waals surface area contributed by atoms with Crippen molar-refractivity contribution in [1.29, 1.82) is 0 Å². The predicted molar refractivity (Wildman–Crippen MR) is 64.9 cm³/mol. The molecule has 0 saturated carbocycles. The van der Waals surface area contributed by atoms with Crippen LogP contribution in [0.4, 0.5) is 11.4 Å². The number of hydrogen-bond donors (Lipinski definition) is 1. The van der Waals surface area contributed by atoms with Crippen LogP contribution in [0.25, 0.3) is 0 Å². The maximum Gasteiger partial charge on any atom is 0.0606 e. The molecule has 1 aromatic carbocycles. The lowest BCUT2D eigenvalue weighted by atomic mass is 10.2. The fraction of sp³-hybridized carbons (Fsp3) is 0.200. The summed E-state index contributed by atoms with van der Waals surface area (Å²) in [4.78, 5) is 2.26. The van der Waals surface area contributed by atoms with Gasteiger partial charge in [0.05, 0.1) is 11.4 Å². The average molecular weight is 286 g/mol. The Morgan fingerprint density at radius 2 is 1.92 bits per heavy atom. The third-order valence-electron chi connectivity index (χ3n) is 2.15. The van der Waals surface area contributed by atoms with E-state index < -0.39 is 0 Å². The van der Waals surface area contributed by atoms with Gasteiger partial charge in [-0.1, -0.05) is 12.2 Å². The van der Waals surface area contributed by atoms with Crippen LogP contribution in [-0.2, 0) is 0 Å². The third kappa shape index (κ3) is 1.80. The molecule has 1 heterocycles. The molecule has 1 aliphatic rings. The van der Waals surface area contributed by atoms with Crippen molar-refractivity contribution in [2.75, 3.05) is 23.7 Å². The zero-order valence-corrected chi connectivity index (χ0v) is 9.36. The first kappa shape index (κ1) is 8.87. The summed E-state index contributed by atoms with van der Waals surface area (Å²) >= 11 is 2.27. The number of rotatable bonds is 1. The average Bonchev–Trinajstić information content (AvgIpc) is 2.56. The molecule has 13 heavy (non-hydrogen) atoms. The minimum absolute atomic E-state index is 0.871. The molecule has 68 valence electrons. The molecule has 2 N–H and O–H groups in total. The lowest BCUT2D eigenvalue weighted by Crippen LogP contribution is -2.19. The van der Waals surface area contributed by atoms with E-state index in [1.807, 2.05) is 6.07 Å². The van der Waals surface area contributed by atoms with Gasteiger partial charge in [0.15, 0.2) is 0 Å². The van der Waals surface area contributed by atoms with Crippen LogP contribution in [0, 0.1) is 3.57 Å². The SMILES string of the molecule is Nc1cc(I)ccc1N1CC=CC1. The van der Waals surface area contributed by atoms with Crippen molar-refractivity contribution in [3.63, 3.8) is 0 Å². The molecule has 3 heteroatoms. The van der Waals surface area contributed by atoms with Crippen LogP contribution in [0.5, 0.6) is 0 Å². The van der Waals surface area contributed by atoms with Gasteiger partial charge in [-0.3, -0.25) is 0 Å². The largest absolute Gasteiger partial charge is 0.397 e. The summed E-state index contributed by atoms with van der Waals surface area (Å²) in [7, 11) is 0. The van der Waals surface area contributed by atoms with Crippen molar-refractivity contribution in [2.45, 2.75) is 0 Å². The first-order chi connectivity index (χ1) is 6.27. The minimum atomic E-state index is 0.871. The molecule has 2 nitrogen and oxygen atoms in total. The molecule has 0 fully saturated rings.